The normalized spacial score (nSPS) is 6.80. The van der Waals surface area contributed by atoms with Gasteiger partial charge in [0, 0.05) is 14.1 Å². The van der Waals surface area contributed by atoms with Gasteiger partial charge in [0.25, 0.3) is 0 Å². The standard InChI is InChI=1S/C3H7NO/c1-4(2)3-5/h3H,1-2H3/i5+2. The van der Waals surface area contributed by atoms with E-state index in [1.54, 1.807) is 14.1 Å². The van der Waals surface area contributed by atoms with Crippen molar-refractivity contribution in [2.24, 2.45) is 0 Å². The van der Waals surface area contributed by atoms with Crippen LogP contribution in [0.5, 0.6) is 0 Å². The lowest BCUT2D eigenvalue weighted by Crippen LogP contribution is -2.06. The topological polar surface area (TPSA) is 20.3 Å². The number of nitrogens with zero attached hydrogens (tertiary/aromatic N) is 1. The average molecular weight is 75.1 g/mol. The Morgan fingerprint density at radius 2 is 1.80 bits per heavy atom. The number of hydrogen-bond acceptors (Lipinski definition) is 1. The summed E-state index contributed by atoms with van der Waals surface area (Å²) in [6.07, 6.45) is 0.750. The van der Waals surface area contributed by atoms with Crippen LogP contribution in [0.2, 0.25) is 0 Å². The molecule has 0 rings (SSSR count). The van der Waals surface area contributed by atoms with Gasteiger partial charge in [0.2, 0.25) is 6.41 Å². The van der Waals surface area contributed by atoms with Crippen molar-refractivity contribution in [2.75, 3.05) is 14.1 Å². The van der Waals surface area contributed by atoms with E-state index >= 15 is 0 Å². The van der Waals surface area contributed by atoms with Gasteiger partial charge in [-0.05, 0) is 0 Å². The van der Waals surface area contributed by atoms with Crippen LogP contribution >= 0.6 is 0 Å². The molecule has 0 unspecified atom stereocenters. The van der Waals surface area contributed by atoms with Crippen molar-refractivity contribution in [2.45, 2.75) is 0 Å². The molecule has 0 radical (unpaired) electrons. The summed E-state index contributed by atoms with van der Waals surface area (Å²) in [6.45, 7) is 0. The molecule has 1 amide bonds. The van der Waals surface area contributed by atoms with Crippen molar-refractivity contribution in [3.05, 3.63) is 0 Å². The predicted molar refractivity (Wildman–Crippen MR) is 19.8 cm³/mol. The molecule has 0 saturated heterocycles. The van der Waals surface area contributed by atoms with Gasteiger partial charge in [-0.1, -0.05) is 0 Å². The molecule has 0 aromatic carbocycles. The van der Waals surface area contributed by atoms with Crippen LogP contribution in [0.25, 0.3) is 0 Å². The molecule has 0 bridgehead atoms. The van der Waals surface area contributed by atoms with Crippen molar-refractivity contribution in [1.29, 1.82) is 0 Å². The molecule has 0 fully saturated rings. The number of carbonyl (C=O) groups excluding carboxylic acids is 1. The summed E-state index contributed by atoms with van der Waals surface area (Å²) in [4.78, 5) is 10.9. The average Bonchev–Trinajstić information content (AvgIpc) is 1.38. The summed E-state index contributed by atoms with van der Waals surface area (Å²) in [7, 11) is 3.38. The maximum atomic E-state index is 9.43. The molecule has 2 nitrogen and oxygen atoms in total. The van der Waals surface area contributed by atoms with Crippen LogP contribution < -0.4 is 0 Å². The molecule has 0 spiro atoms. The Labute approximate surface area is 31.4 Å². The van der Waals surface area contributed by atoms with Gasteiger partial charge < -0.3 is 4.90 Å². The van der Waals surface area contributed by atoms with E-state index in [4.69, 9.17) is 0 Å². The van der Waals surface area contributed by atoms with Crippen molar-refractivity contribution < 1.29 is 4.79 Å². The highest BCUT2D eigenvalue weighted by Crippen LogP contribution is 1.52. The lowest BCUT2D eigenvalue weighted by molar-refractivity contribution is -0.115. The Balaban J connectivity index is 2.83. The minimum atomic E-state index is 0.750. The van der Waals surface area contributed by atoms with Crippen LogP contribution in [0.4, 0.5) is 0 Å². The smallest absolute Gasteiger partial charge is 0.209 e. The fourth-order valence-electron chi connectivity index (χ4n) is 0. The molecule has 0 aliphatic heterocycles. The van der Waals surface area contributed by atoms with Crippen LogP contribution in [-0.2, 0) is 4.79 Å². The van der Waals surface area contributed by atoms with Gasteiger partial charge in [-0.25, -0.2) is 0 Å². The van der Waals surface area contributed by atoms with Crippen molar-refractivity contribution in [3.8, 4) is 0 Å². The van der Waals surface area contributed by atoms with E-state index < -0.39 is 0 Å². The highest BCUT2D eigenvalue weighted by atomic mass is 18.1. The first-order valence-electron chi connectivity index (χ1n) is 1.39. The molecule has 0 aromatic rings. The van der Waals surface area contributed by atoms with Gasteiger partial charge in [-0.15, -0.1) is 0 Å². The zero-order valence-corrected chi connectivity index (χ0v) is 3.43. The van der Waals surface area contributed by atoms with E-state index in [1.807, 2.05) is 0 Å². The first kappa shape index (κ1) is 4.47. The Morgan fingerprint density at radius 1 is 1.60 bits per heavy atom. The number of rotatable bonds is 1. The van der Waals surface area contributed by atoms with Crippen molar-refractivity contribution >= 4 is 6.41 Å². The van der Waals surface area contributed by atoms with Crippen LogP contribution in [0.15, 0.2) is 0 Å². The van der Waals surface area contributed by atoms with Crippen molar-refractivity contribution in [3.63, 3.8) is 0 Å². The molecule has 0 aliphatic carbocycles. The maximum Gasteiger partial charge on any atom is 0.209 e. The van der Waals surface area contributed by atoms with Crippen molar-refractivity contribution in [1.82, 2.24) is 4.90 Å². The number of carbonyl (C=O) groups is 1. The molecule has 5 heavy (non-hydrogen) atoms. The first-order chi connectivity index (χ1) is 2.27. The molecule has 0 aromatic heterocycles. The van der Waals surface area contributed by atoms with Gasteiger partial charge in [0.05, 0.1) is 0 Å². The summed E-state index contributed by atoms with van der Waals surface area (Å²) >= 11 is 0. The van der Waals surface area contributed by atoms with Gasteiger partial charge >= 0.3 is 0 Å². The minimum absolute atomic E-state index is 0.750. The molecule has 30 valence electrons. The highest BCUT2D eigenvalue weighted by Gasteiger charge is 1.68. The molecule has 0 saturated carbocycles. The third kappa shape index (κ3) is 3.47. The van der Waals surface area contributed by atoms with E-state index in [2.05, 4.69) is 0 Å². The monoisotopic (exact) mass is 75.1 g/mol. The third-order valence-corrected chi connectivity index (χ3v) is 0.211. The quantitative estimate of drug-likeness (QED) is 0.309. The van der Waals surface area contributed by atoms with Crippen LogP contribution in [0, 0.1) is 0 Å². The molecular formula is C3H7NO. The molecule has 0 heterocycles. The van der Waals surface area contributed by atoms with Gasteiger partial charge in [0.15, 0.2) is 0 Å². The Hall–Kier alpha value is -0.530. The van der Waals surface area contributed by atoms with Crippen LogP contribution in [0.3, 0.4) is 0 Å². The van der Waals surface area contributed by atoms with E-state index in [-0.39, 0.29) is 0 Å². The Morgan fingerprint density at radius 3 is 1.80 bits per heavy atom. The van der Waals surface area contributed by atoms with Crippen LogP contribution in [-0.4, -0.2) is 25.4 Å². The van der Waals surface area contributed by atoms with Gasteiger partial charge in [-0.3, -0.25) is 4.79 Å². The fraction of sp³-hybridized carbons (Fsp3) is 0.667. The number of hydrogen-bond donors (Lipinski definition) is 0. The second kappa shape index (κ2) is 1.76. The first-order valence-corrected chi connectivity index (χ1v) is 1.39. The van der Waals surface area contributed by atoms with E-state index in [0.29, 0.717) is 0 Å². The predicted octanol–water partition coefficient (Wildman–Crippen LogP) is -0.296. The van der Waals surface area contributed by atoms with Crippen LogP contribution in [0.1, 0.15) is 0 Å². The van der Waals surface area contributed by atoms with E-state index in [1.165, 1.54) is 4.90 Å². The lowest BCUT2D eigenvalue weighted by Gasteiger charge is -1.93. The van der Waals surface area contributed by atoms with E-state index in [0.717, 1.165) is 6.41 Å². The summed E-state index contributed by atoms with van der Waals surface area (Å²) < 4.78 is 0. The second-order valence-electron chi connectivity index (χ2n) is 1.07. The molecule has 0 aliphatic rings. The minimum Gasteiger partial charge on any atom is -0.351 e. The zero-order valence-electron chi connectivity index (χ0n) is 3.43. The van der Waals surface area contributed by atoms with Gasteiger partial charge in [0.1, 0.15) is 0 Å². The summed E-state index contributed by atoms with van der Waals surface area (Å²) in [5, 5.41) is 0. The fourth-order valence-corrected chi connectivity index (χ4v) is 0. The zero-order chi connectivity index (χ0) is 4.28. The molecule has 0 N–H and O–H groups in total. The SMILES string of the molecule is CN(C)C=[18O]. The lowest BCUT2D eigenvalue weighted by atomic mass is 11.0. The maximum absolute atomic E-state index is 9.43. The third-order valence-electron chi connectivity index (χ3n) is 0.211. The Kier molecular flexibility index (Phi) is 1.57. The molecule has 2 heteroatoms. The molecule has 0 atom stereocenters. The largest absolute Gasteiger partial charge is 0.351 e. The summed E-state index contributed by atoms with van der Waals surface area (Å²) in [5.41, 5.74) is 0. The summed E-state index contributed by atoms with van der Waals surface area (Å²) in [5.74, 6) is 0. The highest BCUT2D eigenvalue weighted by molar-refractivity contribution is 5.45. The molecular weight excluding hydrogens is 68.0 g/mol. The van der Waals surface area contributed by atoms with E-state index in [9.17, 15) is 4.79 Å². The Bertz CT molecular complexity index is 33.9. The van der Waals surface area contributed by atoms with Gasteiger partial charge in [-0.2, -0.15) is 0 Å². The number of amides is 1. The summed E-state index contributed by atoms with van der Waals surface area (Å²) in [6, 6.07) is 0. The second-order valence-corrected chi connectivity index (χ2v) is 1.07.